The smallest absolute Gasteiger partial charge is 0.176 e. The van der Waals surface area contributed by atoms with Crippen molar-refractivity contribution in [2.24, 2.45) is 0 Å². The second kappa shape index (κ2) is 6.91. The lowest BCUT2D eigenvalue weighted by Crippen LogP contribution is -2.21. The number of ketones is 1. The zero-order chi connectivity index (χ0) is 13.7. The molecule has 2 rings (SSSR count). The normalized spacial score (nSPS) is 21.9. The SMILES string of the molecule is CCCCc1ccccc1C=C1CCCC(Cl)C1=O. The highest BCUT2D eigenvalue weighted by molar-refractivity contribution is 6.34. The van der Waals surface area contributed by atoms with E-state index in [1.165, 1.54) is 24.0 Å². The molecule has 0 heterocycles. The molecule has 0 aliphatic heterocycles. The van der Waals surface area contributed by atoms with Crippen LogP contribution in [0.5, 0.6) is 0 Å². The van der Waals surface area contributed by atoms with Gasteiger partial charge in [-0.2, -0.15) is 0 Å². The molecule has 1 nitrogen and oxygen atoms in total. The summed E-state index contributed by atoms with van der Waals surface area (Å²) in [5, 5.41) is -0.317. The minimum Gasteiger partial charge on any atom is -0.293 e. The van der Waals surface area contributed by atoms with Crippen molar-refractivity contribution in [1.29, 1.82) is 0 Å². The van der Waals surface area contributed by atoms with Crippen LogP contribution in [0, 0.1) is 0 Å². The number of hydrogen-bond acceptors (Lipinski definition) is 1. The molecule has 1 atom stereocenters. The number of Topliss-reactive ketones (excluding diaryl/α,β-unsaturated/α-hetero) is 1. The summed E-state index contributed by atoms with van der Waals surface area (Å²) < 4.78 is 0. The fourth-order valence-corrected chi connectivity index (χ4v) is 2.82. The lowest BCUT2D eigenvalue weighted by atomic mass is 9.90. The van der Waals surface area contributed by atoms with Gasteiger partial charge in [0.15, 0.2) is 5.78 Å². The first-order chi connectivity index (χ1) is 9.22. The molecule has 0 aromatic heterocycles. The van der Waals surface area contributed by atoms with Gasteiger partial charge in [0.2, 0.25) is 0 Å². The number of aryl methyl sites for hydroxylation is 1. The third kappa shape index (κ3) is 3.70. The van der Waals surface area contributed by atoms with Crippen LogP contribution in [-0.2, 0) is 11.2 Å². The lowest BCUT2D eigenvalue weighted by molar-refractivity contribution is -0.116. The van der Waals surface area contributed by atoms with Crippen LogP contribution in [0.25, 0.3) is 6.08 Å². The van der Waals surface area contributed by atoms with Gasteiger partial charge in [-0.05, 0) is 54.9 Å². The summed E-state index contributed by atoms with van der Waals surface area (Å²) in [6, 6.07) is 8.37. The Morgan fingerprint density at radius 3 is 2.95 bits per heavy atom. The predicted octanol–water partition coefficient (Wildman–Crippen LogP) is 4.77. The minimum atomic E-state index is -0.317. The Balaban J connectivity index is 2.24. The van der Waals surface area contributed by atoms with Gasteiger partial charge in [0.25, 0.3) is 0 Å². The van der Waals surface area contributed by atoms with Gasteiger partial charge in [-0.1, -0.05) is 37.6 Å². The number of hydrogen-bond donors (Lipinski definition) is 0. The van der Waals surface area contributed by atoms with Gasteiger partial charge in [0.05, 0.1) is 5.38 Å². The second-order valence-corrected chi connectivity index (χ2v) is 5.72. The Morgan fingerprint density at radius 1 is 1.37 bits per heavy atom. The maximum atomic E-state index is 12.1. The zero-order valence-electron chi connectivity index (χ0n) is 11.5. The average Bonchev–Trinajstić information content (AvgIpc) is 2.43. The number of carbonyl (C=O) groups excluding carboxylic acids is 1. The number of rotatable bonds is 4. The van der Waals surface area contributed by atoms with E-state index in [0.717, 1.165) is 31.3 Å². The molecule has 0 N–H and O–H groups in total. The fourth-order valence-electron chi connectivity index (χ4n) is 2.53. The number of halogens is 1. The number of benzene rings is 1. The van der Waals surface area contributed by atoms with Gasteiger partial charge in [0.1, 0.15) is 0 Å². The van der Waals surface area contributed by atoms with Crippen molar-refractivity contribution < 1.29 is 4.79 Å². The molecule has 0 spiro atoms. The number of allylic oxidation sites excluding steroid dienone is 1. The molecule has 1 aliphatic rings. The van der Waals surface area contributed by atoms with Crippen molar-refractivity contribution in [3.8, 4) is 0 Å². The van der Waals surface area contributed by atoms with E-state index >= 15 is 0 Å². The van der Waals surface area contributed by atoms with Crippen molar-refractivity contribution in [2.75, 3.05) is 0 Å². The fraction of sp³-hybridized carbons (Fsp3) is 0.471. The summed E-state index contributed by atoms with van der Waals surface area (Å²) in [6.07, 6.45) is 8.21. The van der Waals surface area contributed by atoms with Crippen LogP contribution in [0.3, 0.4) is 0 Å². The van der Waals surface area contributed by atoms with E-state index in [2.05, 4.69) is 31.2 Å². The van der Waals surface area contributed by atoms with Crippen LogP contribution in [-0.4, -0.2) is 11.2 Å². The van der Waals surface area contributed by atoms with Gasteiger partial charge < -0.3 is 0 Å². The summed E-state index contributed by atoms with van der Waals surface area (Å²) >= 11 is 6.06. The summed E-state index contributed by atoms with van der Waals surface area (Å²) in [5.41, 5.74) is 3.42. The quantitative estimate of drug-likeness (QED) is 0.572. The molecule has 1 aliphatic carbocycles. The van der Waals surface area contributed by atoms with Crippen LogP contribution in [0.4, 0.5) is 0 Å². The molecule has 2 heteroatoms. The molecule has 0 radical (unpaired) electrons. The molecule has 102 valence electrons. The van der Waals surface area contributed by atoms with Crippen LogP contribution in [0.1, 0.15) is 50.2 Å². The highest BCUT2D eigenvalue weighted by Gasteiger charge is 2.24. The minimum absolute atomic E-state index is 0.123. The molecule has 1 aromatic carbocycles. The Labute approximate surface area is 120 Å². The average molecular weight is 277 g/mol. The number of carbonyl (C=O) groups is 1. The molecule has 1 fully saturated rings. The van der Waals surface area contributed by atoms with Gasteiger partial charge in [-0.25, -0.2) is 0 Å². The van der Waals surface area contributed by atoms with E-state index < -0.39 is 0 Å². The maximum Gasteiger partial charge on any atom is 0.176 e. The first-order valence-electron chi connectivity index (χ1n) is 7.19. The van der Waals surface area contributed by atoms with Gasteiger partial charge in [-0.3, -0.25) is 4.79 Å². The molecule has 1 saturated carbocycles. The Bertz CT molecular complexity index is 476. The summed E-state index contributed by atoms with van der Waals surface area (Å²) in [5.74, 6) is 0.123. The Morgan fingerprint density at radius 2 is 2.16 bits per heavy atom. The topological polar surface area (TPSA) is 17.1 Å². The molecule has 0 bridgehead atoms. The molecule has 19 heavy (non-hydrogen) atoms. The molecular weight excluding hydrogens is 256 g/mol. The predicted molar refractivity (Wildman–Crippen MR) is 81.5 cm³/mol. The van der Waals surface area contributed by atoms with Crippen molar-refractivity contribution in [1.82, 2.24) is 0 Å². The highest BCUT2D eigenvalue weighted by Crippen LogP contribution is 2.27. The molecule has 1 aromatic rings. The summed E-state index contributed by atoms with van der Waals surface area (Å²) in [6.45, 7) is 2.20. The van der Waals surface area contributed by atoms with Crippen LogP contribution < -0.4 is 0 Å². The summed E-state index contributed by atoms with van der Waals surface area (Å²) in [4.78, 5) is 12.1. The third-order valence-electron chi connectivity index (χ3n) is 3.69. The van der Waals surface area contributed by atoms with Gasteiger partial charge in [-0.15, -0.1) is 11.6 Å². The van der Waals surface area contributed by atoms with E-state index in [4.69, 9.17) is 11.6 Å². The van der Waals surface area contributed by atoms with Crippen LogP contribution in [0.15, 0.2) is 29.8 Å². The largest absolute Gasteiger partial charge is 0.293 e. The van der Waals surface area contributed by atoms with E-state index in [1.807, 2.05) is 6.07 Å². The summed E-state index contributed by atoms with van der Waals surface area (Å²) in [7, 11) is 0. The van der Waals surface area contributed by atoms with Crippen molar-refractivity contribution in [3.05, 3.63) is 41.0 Å². The van der Waals surface area contributed by atoms with Crippen LogP contribution in [0.2, 0.25) is 0 Å². The van der Waals surface area contributed by atoms with Crippen molar-refractivity contribution in [2.45, 2.75) is 50.8 Å². The maximum absolute atomic E-state index is 12.1. The second-order valence-electron chi connectivity index (χ2n) is 5.20. The molecular formula is C17H21ClO. The lowest BCUT2D eigenvalue weighted by Gasteiger charge is -2.18. The third-order valence-corrected chi connectivity index (χ3v) is 4.11. The molecule has 1 unspecified atom stereocenters. The highest BCUT2D eigenvalue weighted by atomic mass is 35.5. The Kier molecular flexibility index (Phi) is 5.21. The number of alkyl halides is 1. The first kappa shape index (κ1) is 14.3. The van der Waals surface area contributed by atoms with Crippen molar-refractivity contribution >= 4 is 23.5 Å². The van der Waals surface area contributed by atoms with E-state index in [0.29, 0.717) is 0 Å². The van der Waals surface area contributed by atoms with E-state index in [9.17, 15) is 4.79 Å². The van der Waals surface area contributed by atoms with E-state index in [-0.39, 0.29) is 11.2 Å². The molecule has 0 saturated heterocycles. The standard InChI is InChI=1S/C17H21ClO/c1-2-3-7-13-8-4-5-9-14(13)12-15-10-6-11-16(18)17(15)19/h4-5,8-9,12,16H,2-3,6-7,10-11H2,1H3. The van der Waals surface area contributed by atoms with E-state index in [1.54, 1.807) is 0 Å². The number of unbranched alkanes of at least 4 members (excludes halogenated alkanes) is 1. The Hall–Kier alpha value is -1.08. The monoisotopic (exact) mass is 276 g/mol. The first-order valence-corrected chi connectivity index (χ1v) is 7.62. The van der Waals surface area contributed by atoms with Crippen LogP contribution >= 0.6 is 11.6 Å². The molecule has 0 amide bonds. The van der Waals surface area contributed by atoms with Gasteiger partial charge in [0, 0.05) is 0 Å². The van der Waals surface area contributed by atoms with Crippen molar-refractivity contribution in [3.63, 3.8) is 0 Å². The zero-order valence-corrected chi connectivity index (χ0v) is 12.2. The van der Waals surface area contributed by atoms with Gasteiger partial charge >= 0.3 is 0 Å².